The standard InChI is InChI=1S/C25H28O4/c1-16-14-18(10-12-20(16)26-3)24(19-11-13-21(27-4)17(2)15-19)25-22(28-5)8-7-9-23(25)29-6/h7-15,24H,1-6H3. The molecular formula is C25H28O4. The largest absolute Gasteiger partial charge is 0.496 e. The van der Waals surface area contributed by atoms with E-state index >= 15 is 0 Å². The molecule has 29 heavy (non-hydrogen) atoms. The van der Waals surface area contributed by atoms with Gasteiger partial charge in [-0.2, -0.15) is 0 Å². The van der Waals surface area contributed by atoms with Crippen LogP contribution in [0, 0.1) is 13.8 Å². The van der Waals surface area contributed by atoms with Crippen LogP contribution < -0.4 is 18.9 Å². The second-order valence-corrected chi connectivity index (χ2v) is 6.97. The highest BCUT2D eigenvalue weighted by molar-refractivity contribution is 5.57. The number of hydrogen-bond acceptors (Lipinski definition) is 4. The molecule has 0 unspecified atom stereocenters. The van der Waals surface area contributed by atoms with Crippen LogP contribution >= 0.6 is 0 Å². The molecule has 0 aromatic heterocycles. The van der Waals surface area contributed by atoms with E-state index in [0.29, 0.717) is 0 Å². The summed E-state index contributed by atoms with van der Waals surface area (Å²) < 4.78 is 22.4. The fraction of sp³-hybridized carbons (Fsp3) is 0.280. The summed E-state index contributed by atoms with van der Waals surface area (Å²) in [5, 5.41) is 0. The highest BCUT2D eigenvalue weighted by atomic mass is 16.5. The molecule has 4 heteroatoms. The van der Waals surface area contributed by atoms with Gasteiger partial charge in [-0.15, -0.1) is 0 Å². The molecule has 0 radical (unpaired) electrons. The monoisotopic (exact) mass is 392 g/mol. The maximum atomic E-state index is 5.73. The van der Waals surface area contributed by atoms with Gasteiger partial charge in [0.2, 0.25) is 0 Å². The van der Waals surface area contributed by atoms with Crippen molar-refractivity contribution in [1.29, 1.82) is 0 Å². The molecule has 0 saturated heterocycles. The van der Waals surface area contributed by atoms with Gasteiger partial charge in [0.15, 0.2) is 0 Å². The molecule has 0 aliphatic carbocycles. The number of hydrogen-bond donors (Lipinski definition) is 0. The van der Waals surface area contributed by atoms with Gasteiger partial charge in [-0.05, 0) is 60.4 Å². The summed E-state index contributed by atoms with van der Waals surface area (Å²) in [6.07, 6.45) is 0. The van der Waals surface area contributed by atoms with Crippen molar-refractivity contribution in [3.05, 3.63) is 82.4 Å². The maximum absolute atomic E-state index is 5.73. The van der Waals surface area contributed by atoms with Crippen LogP contribution in [0.5, 0.6) is 23.0 Å². The van der Waals surface area contributed by atoms with E-state index in [2.05, 4.69) is 38.1 Å². The van der Waals surface area contributed by atoms with Gasteiger partial charge in [0.1, 0.15) is 23.0 Å². The molecule has 4 nitrogen and oxygen atoms in total. The number of benzene rings is 3. The van der Waals surface area contributed by atoms with E-state index in [-0.39, 0.29) is 5.92 Å². The van der Waals surface area contributed by atoms with E-state index in [9.17, 15) is 0 Å². The molecule has 0 atom stereocenters. The van der Waals surface area contributed by atoms with Gasteiger partial charge < -0.3 is 18.9 Å². The SMILES string of the molecule is COc1ccc(C(c2ccc(OC)c(C)c2)c2c(OC)cccc2OC)cc1C. The average molecular weight is 392 g/mol. The van der Waals surface area contributed by atoms with Gasteiger partial charge in [0.05, 0.1) is 28.4 Å². The van der Waals surface area contributed by atoms with E-state index in [1.54, 1.807) is 28.4 Å². The smallest absolute Gasteiger partial charge is 0.126 e. The molecule has 152 valence electrons. The first kappa shape index (κ1) is 20.6. The number of ether oxygens (including phenoxy) is 4. The highest BCUT2D eigenvalue weighted by Gasteiger charge is 2.25. The molecule has 0 spiro atoms. The van der Waals surface area contributed by atoms with Crippen LogP contribution in [0.2, 0.25) is 0 Å². The normalized spacial score (nSPS) is 10.7. The molecule has 0 amide bonds. The molecule has 0 aliphatic rings. The topological polar surface area (TPSA) is 36.9 Å². The second kappa shape index (κ2) is 8.91. The minimum atomic E-state index is -0.0738. The first-order valence-corrected chi connectivity index (χ1v) is 9.54. The third kappa shape index (κ3) is 4.02. The summed E-state index contributed by atoms with van der Waals surface area (Å²) in [5.74, 6) is 3.23. The Balaban J connectivity index is 2.29. The maximum Gasteiger partial charge on any atom is 0.126 e. The van der Waals surface area contributed by atoms with E-state index in [0.717, 1.165) is 50.8 Å². The summed E-state index contributed by atoms with van der Waals surface area (Å²) in [6.45, 7) is 4.11. The van der Waals surface area contributed by atoms with Gasteiger partial charge in [-0.3, -0.25) is 0 Å². The Morgan fingerprint density at radius 2 is 0.966 bits per heavy atom. The summed E-state index contributed by atoms with van der Waals surface area (Å²) in [6, 6.07) is 18.4. The third-order valence-corrected chi connectivity index (χ3v) is 5.26. The van der Waals surface area contributed by atoms with E-state index in [1.807, 2.05) is 30.3 Å². The van der Waals surface area contributed by atoms with Crippen LogP contribution in [-0.2, 0) is 0 Å². The summed E-state index contributed by atoms with van der Waals surface area (Å²) in [4.78, 5) is 0. The Morgan fingerprint density at radius 1 is 0.552 bits per heavy atom. The second-order valence-electron chi connectivity index (χ2n) is 6.97. The van der Waals surface area contributed by atoms with Crippen molar-refractivity contribution in [3.63, 3.8) is 0 Å². The van der Waals surface area contributed by atoms with Crippen molar-refractivity contribution in [2.24, 2.45) is 0 Å². The zero-order valence-electron chi connectivity index (χ0n) is 17.9. The lowest BCUT2D eigenvalue weighted by Crippen LogP contribution is -2.09. The summed E-state index contributed by atoms with van der Waals surface area (Å²) >= 11 is 0. The first-order chi connectivity index (χ1) is 14.0. The average Bonchev–Trinajstić information content (AvgIpc) is 2.74. The Kier molecular flexibility index (Phi) is 6.32. The molecule has 0 N–H and O–H groups in total. The van der Waals surface area contributed by atoms with Gasteiger partial charge in [0, 0.05) is 11.5 Å². The van der Waals surface area contributed by atoms with Gasteiger partial charge in [-0.25, -0.2) is 0 Å². The summed E-state index contributed by atoms with van der Waals surface area (Å²) in [7, 11) is 6.76. The molecule has 0 saturated carbocycles. The van der Waals surface area contributed by atoms with Crippen molar-refractivity contribution in [3.8, 4) is 23.0 Å². The van der Waals surface area contributed by atoms with Crippen molar-refractivity contribution < 1.29 is 18.9 Å². The predicted octanol–water partition coefficient (Wildman–Crippen LogP) is 5.52. The van der Waals surface area contributed by atoms with Crippen molar-refractivity contribution in [1.82, 2.24) is 0 Å². The molecule has 3 aromatic rings. The van der Waals surface area contributed by atoms with Crippen LogP contribution in [0.1, 0.15) is 33.7 Å². The van der Waals surface area contributed by atoms with Crippen LogP contribution in [-0.4, -0.2) is 28.4 Å². The number of rotatable bonds is 7. The fourth-order valence-electron chi connectivity index (χ4n) is 3.85. The quantitative estimate of drug-likeness (QED) is 0.496. The van der Waals surface area contributed by atoms with Crippen LogP contribution in [0.25, 0.3) is 0 Å². The third-order valence-electron chi connectivity index (χ3n) is 5.26. The first-order valence-electron chi connectivity index (χ1n) is 9.54. The molecule has 3 aromatic carbocycles. The Labute approximate surface area is 173 Å². The van der Waals surface area contributed by atoms with Crippen LogP contribution in [0.15, 0.2) is 54.6 Å². The minimum Gasteiger partial charge on any atom is -0.496 e. The van der Waals surface area contributed by atoms with Gasteiger partial charge in [-0.1, -0.05) is 30.3 Å². The molecule has 3 rings (SSSR count). The molecule has 0 bridgehead atoms. The van der Waals surface area contributed by atoms with Crippen molar-refractivity contribution in [2.45, 2.75) is 19.8 Å². The predicted molar refractivity (Wildman–Crippen MR) is 116 cm³/mol. The van der Waals surface area contributed by atoms with Crippen LogP contribution in [0.3, 0.4) is 0 Å². The fourth-order valence-corrected chi connectivity index (χ4v) is 3.85. The van der Waals surface area contributed by atoms with E-state index in [4.69, 9.17) is 18.9 Å². The Hall–Kier alpha value is -3.14. The minimum absolute atomic E-state index is 0.0738. The molecule has 0 heterocycles. The lowest BCUT2D eigenvalue weighted by molar-refractivity contribution is 0.384. The Morgan fingerprint density at radius 3 is 1.31 bits per heavy atom. The zero-order chi connectivity index (χ0) is 21.0. The zero-order valence-corrected chi connectivity index (χ0v) is 17.9. The van der Waals surface area contributed by atoms with Gasteiger partial charge >= 0.3 is 0 Å². The van der Waals surface area contributed by atoms with E-state index in [1.165, 1.54) is 0 Å². The van der Waals surface area contributed by atoms with Crippen molar-refractivity contribution in [2.75, 3.05) is 28.4 Å². The number of aryl methyl sites for hydroxylation is 2. The van der Waals surface area contributed by atoms with Gasteiger partial charge in [0.25, 0.3) is 0 Å². The lowest BCUT2D eigenvalue weighted by Gasteiger charge is -2.24. The molecular weight excluding hydrogens is 364 g/mol. The lowest BCUT2D eigenvalue weighted by atomic mass is 9.83. The molecule has 0 aliphatic heterocycles. The summed E-state index contributed by atoms with van der Waals surface area (Å²) in [5.41, 5.74) is 5.42. The van der Waals surface area contributed by atoms with Crippen LogP contribution in [0.4, 0.5) is 0 Å². The van der Waals surface area contributed by atoms with Crippen molar-refractivity contribution >= 4 is 0 Å². The Bertz CT molecular complexity index is 918. The molecule has 0 fully saturated rings. The number of methoxy groups -OCH3 is 4. The van der Waals surface area contributed by atoms with E-state index < -0.39 is 0 Å². The highest BCUT2D eigenvalue weighted by Crippen LogP contribution is 2.44.